The Bertz CT molecular complexity index is 685. The molecule has 0 aliphatic heterocycles. The third-order valence-electron chi connectivity index (χ3n) is 3.21. The molecule has 0 radical (unpaired) electrons. The highest BCUT2D eigenvalue weighted by molar-refractivity contribution is 9.11. The average molecular weight is 397 g/mol. The molecular weight excluding hydrogens is 380 g/mol. The van der Waals surface area contributed by atoms with Gasteiger partial charge in [0.05, 0.1) is 10.3 Å². The van der Waals surface area contributed by atoms with Gasteiger partial charge in [-0.25, -0.2) is 0 Å². The quantitative estimate of drug-likeness (QED) is 0.781. The van der Waals surface area contributed by atoms with Crippen LogP contribution in [-0.2, 0) is 11.3 Å². The molecule has 5 nitrogen and oxygen atoms in total. The van der Waals surface area contributed by atoms with E-state index in [0.717, 1.165) is 8.66 Å². The molecule has 0 spiro atoms. The molecule has 2 rings (SSSR count). The first kappa shape index (κ1) is 17.5. The Labute approximate surface area is 147 Å². The van der Waals surface area contributed by atoms with Crippen molar-refractivity contribution in [1.29, 1.82) is 0 Å². The molecule has 0 saturated heterocycles. The van der Waals surface area contributed by atoms with Gasteiger partial charge in [-0.1, -0.05) is 0 Å². The second kappa shape index (κ2) is 8.12. The van der Waals surface area contributed by atoms with Crippen LogP contribution in [0.3, 0.4) is 0 Å². The van der Waals surface area contributed by atoms with Crippen LogP contribution in [0.25, 0.3) is 0 Å². The molecule has 7 heteroatoms. The summed E-state index contributed by atoms with van der Waals surface area (Å²) in [5.41, 5.74) is 5.58. The van der Waals surface area contributed by atoms with E-state index in [1.54, 1.807) is 40.5 Å². The van der Waals surface area contributed by atoms with E-state index in [4.69, 9.17) is 10.5 Å². The molecule has 1 aromatic heterocycles. The summed E-state index contributed by atoms with van der Waals surface area (Å²) in [5.74, 6) is -0.0545. The standard InChI is InChI=1S/C16H17BrN2O3S/c1-2-19(9-13-7-8-14(17)23-13)15(20)10-22-12-5-3-11(4-6-12)16(18)21/h3-8H,2,9-10H2,1H3,(H2,18,21). The Morgan fingerprint density at radius 3 is 2.43 bits per heavy atom. The van der Waals surface area contributed by atoms with Gasteiger partial charge in [0.25, 0.3) is 5.91 Å². The zero-order valence-electron chi connectivity index (χ0n) is 12.6. The number of rotatable bonds is 7. The second-order valence-corrected chi connectivity index (χ2v) is 7.34. The van der Waals surface area contributed by atoms with Crippen molar-refractivity contribution in [3.05, 3.63) is 50.6 Å². The van der Waals surface area contributed by atoms with Crippen LogP contribution in [0.5, 0.6) is 5.75 Å². The Balaban J connectivity index is 1.90. The van der Waals surface area contributed by atoms with E-state index in [1.807, 2.05) is 19.1 Å². The predicted molar refractivity (Wildman–Crippen MR) is 93.6 cm³/mol. The number of hydrogen-bond acceptors (Lipinski definition) is 4. The number of amides is 2. The van der Waals surface area contributed by atoms with Gasteiger partial charge in [-0.05, 0) is 59.3 Å². The highest BCUT2D eigenvalue weighted by Gasteiger charge is 2.14. The Kier molecular flexibility index (Phi) is 6.18. The summed E-state index contributed by atoms with van der Waals surface area (Å²) < 4.78 is 6.52. The number of nitrogens with zero attached hydrogens (tertiary/aromatic N) is 1. The number of nitrogens with two attached hydrogens (primary N) is 1. The van der Waals surface area contributed by atoms with Crippen molar-refractivity contribution >= 4 is 39.1 Å². The van der Waals surface area contributed by atoms with Crippen molar-refractivity contribution in [3.63, 3.8) is 0 Å². The van der Waals surface area contributed by atoms with Crippen molar-refractivity contribution in [3.8, 4) is 5.75 Å². The first-order valence-corrected chi connectivity index (χ1v) is 8.65. The fourth-order valence-corrected chi connectivity index (χ4v) is 3.45. The zero-order chi connectivity index (χ0) is 16.8. The maximum Gasteiger partial charge on any atom is 0.260 e. The fraction of sp³-hybridized carbons (Fsp3) is 0.250. The van der Waals surface area contributed by atoms with Crippen LogP contribution in [-0.4, -0.2) is 29.9 Å². The van der Waals surface area contributed by atoms with Gasteiger partial charge in [-0.2, -0.15) is 0 Å². The van der Waals surface area contributed by atoms with Crippen LogP contribution < -0.4 is 10.5 Å². The number of carbonyl (C=O) groups excluding carboxylic acids is 2. The van der Waals surface area contributed by atoms with E-state index in [2.05, 4.69) is 15.9 Å². The van der Waals surface area contributed by atoms with E-state index in [9.17, 15) is 9.59 Å². The minimum absolute atomic E-state index is 0.0453. The van der Waals surface area contributed by atoms with Gasteiger partial charge in [0.2, 0.25) is 5.91 Å². The van der Waals surface area contributed by atoms with Gasteiger partial charge in [0, 0.05) is 17.0 Å². The lowest BCUT2D eigenvalue weighted by molar-refractivity contribution is -0.133. The maximum absolute atomic E-state index is 12.3. The summed E-state index contributed by atoms with van der Waals surface area (Å²) in [6.07, 6.45) is 0. The van der Waals surface area contributed by atoms with E-state index in [0.29, 0.717) is 24.4 Å². The summed E-state index contributed by atoms with van der Waals surface area (Å²) in [6.45, 7) is 3.06. The molecular formula is C16H17BrN2O3S. The highest BCUT2D eigenvalue weighted by Crippen LogP contribution is 2.23. The van der Waals surface area contributed by atoms with E-state index in [-0.39, 0.29) is 12.5 Å². The molecule has 0 unspecified atom stereocenters. The van der Waals surface area contributed by atoms with Crippen LogP contribution in [0.1, 0.15) is 22.2 Å². The predicted octanol–water partition coefficient (Wildman–Crippen LogP) is 3.04. The smallest absolute Gasteiger partial charge is 0.260 e. The first-order valence-electron chi connectivity index (χ1n) is 7.04. The van der Waals surface area contributed by atoms with E-state index >= 15 is 0 Å². The molecule has 1 heterocycles. The minimum Gasteiger partial charge on any atom is -0.484 e. The maximum atomic E-state index is 12.3. The number of ether oxygens (including phenoxy) is 1. The number of halogens is 1. The Morgan fingerprint density at radius 2 is 1.91 bits per heavy atom. The Hall–Kier alpha value is -1.86. The molecule has 2 aromatic rings. The number of thiophene rings is 1. The van der Waals surface area contributed by atoms with Crippen LogP contribution >= 0.6 is 27.3 Å². The average Bonchev–Trinajstić information content (AvgIpc) is 2.95. The van der Waals surface area contributed by atoms with Crippen molar-refractivity contribution in [2.24, 2.45) is 5.73 Å². The Morgan fingerprint density at radius 1 is 1.22 bits per heavy atom. The largest absolute Gasteiger partial charge is 0.484 e. The number of likely N-dealkylation sites (N-methyl/N-ethyl adjacent to an activating group) is 1. The SMILES string of the molecule is CCN(Cc1ccc(Br)s1)C(=O)COc1ccc(C(N)=O)cc1. The highest BCUT2D eigenvalue weighted by atomic mass is 79.9. The lowest BCUT2D eigenvalue weighted by Crippen LogP contribution is -2.34. The van der Waals surface area contributed by atoms with Crippen LogP contribution in [0.15, 0.2) is 40.2 Å². The van der Waals surface area contributed by atoms with Crippen molar-refractivity contribution < 1.29 is 14.3 Å². The number of carbonyl (C=O) groups is 2. The molecule has 2 N–H and O–H groups in total. The third-order valence-corrected chi connectivity index (χ3v) is 4.82. The molecule has 0 aliphatic rings. The second-order valence-electron chi connectivity index (χ2n) is 4.79. The molecule has 23 heavy (non-hydrogen) atoms. The number of benzene rings is 1. The van der Waals surface area contributed by atoms with Crippen LogP contribution in [0.2, 0.25) is 0 Å². The summed E-state index contributed by atoms with van der Waals surface area (Å²) in [5, 5.41) is 0. The van der Waals surface area contributed by atoms with Gasteiger partial charge in [0.15, 0.2) is 6.61 Å². The van der Waals surface area contributed by atoms with Crippen LogP contribution in [0.4, 0.5) is 0 Å². The molecule has 1 aromatic carbocycles. The monoisotopic (exact) mass is 396 g/mol. The summed E-state index contributed by atoms with van der Waals surface area (Å²) in [4.78, 5) is 26.1. The normalized spacial score (nSPS) is 10.3. The van der Waals surface area contributed by atoms with E-state index in [1.165, 1.54) is 0 Å². The first-order chi connectivity index (χ1) is 11.0. The molecule has 122 valence electrons. The lowest BCUT2D eigenvalue weighted by atomic mass is 10.2. The summed E-state index contributed by atoms with van der Waals surface area (Å²) in [6, 6.07) is 10.4. The van der Waals surface area contributed by atoms with Crippen molar-refractivity contribution in [2.75, 3.05) is 13.2 Å². The number of hydrogen-bond donors (Lipinski definition) is 1. The number of primary amides is 1. The summed E-state index contributed by atoms with van der Waals surface area (Å²) >= 11 is 5.02. The molecule has 0 bridgehead atoms. The topological polar surface area (TPSA) is 72.6 Å². The summed E-state index contributed by atoms with van der Waals surface area (Å²) in [7, 11) is 0. The molecule has 2 amide bonds. The van der Waals surface area contributed by atoms with E-state index < -0.39 is 5.91 Å². The minimum atomic E-state index is -0.494. The molecule has 0 fully saturated rings. The van der Waals surface area contributed by atoms with Gasteiger partial charge in [0.1, 0.15) is 5.75 Å². The van der Waals surface area contributed by atoms with Gasteiger partial charge < -0.3 is 15.4 Å². The molecule has 0 saturated carbocycles. The third kappa shape index (κ3) is 5.07. The van der Waals surface area contributed by atoms with Crippen molar-refractivity contribution in [2.45, 2.75) is 13.5 Å². The van der Waals surface area contributed by atoms with Gasteiger partial charge >= 0.3 is 0 Å². The zero-order valence-corrected chi connectivity index (χ0v) is 15.0. The van der Waals surface area contributed by atoms with Crippen molar-refractivity contribution in [1.82, 2.24) is 4.90 Å². The molecule has 0 aliphatic carbocycles. The fourth-order valence-electron chi connectivity index (χ4n) is 1.95. The van der Waals surface area contributed by atoms with Crippen LogP contribution in [0, 0.1) is 0 Å². The lowest BCUT2D eigenvalue weighted by Gasteiger charge is -2.20. The van der Waals surface area contributed by atoms with Gasteiger partial charge in [-0.15, -0.1) is 11.3 Å². The molecule has 0 atom stereocenters. The van der Waals surface area contributed by atoms with Gasteiger partial charge in [-0.3, -0.25) is 9.59 Å².